The molecular weight excluding hydrogens is 246 g/mol. The second-order valence-corrected chi connectivity index (χ2v) is 3.99. The Morgan fingerprint density at radius 2 is 2.00 bits per heavy atom. The van der Waals surface area contributed by atoms with Crippen molar-refractivity contribution in [1.29, 1.82) is 0 Å². The summed E-state index contributed by atoms with van der Waals surface area (Å²) in [7, 11) is 0. The van der Waals surface area contributed by atoms with Crippen LogP contribution in [0, 0.1) is 0 Å². The summed E-state index contributed by atoms with van der Waals surface area (Å²) in [6.45, 7) is 5.96. The van der Waals surface area contributed by atoms with Crippen LogP contribution >= 0.6 is 0 Å². The summed E-state index contributed by atoms with van der Waals surface area (Å²) in [4.78, 5) is 16.0. The Hall–Kier alpha value is -2.04. The van der Waals surface area contributed by atoms with E-state index in [9.17, 15) is 4.79 Å². The van der Waals surface area contributed by atoms with E-state index in [4.69, 9.17) is 13.6 Å². The fourth-order valence-electron chi connectivity index (χ4n) is 1.74. The molecule has 0 bridgehead atoms. The van der Waals surface area contributed by atoms with Crippen molar-refractivity contribution in [3.05, 3.63) is 29.3 Å². The molecule has 0 unspecified atom stereocenters. The van der Waals surface area contributed by atoms with Crippen molar-refractivity contribution in [2.45, 2.75) is 33.6 Å². The topological polar surface area (TPSA) is 65.5 Å². The van der Waals surface area contributed by atoms with E-state index in [2.05, 4.69) is 4.98 Å². The third kappa shape index (κ3) is 2.70. The van der Waals surface area contributed by atoms with Gasteiger partial charge in [-0.25, -0.2) is 9.78 Å². The largest absolute Gasteiger partial charge is 0.460 e. The third-order valence-corrected chi connectivity index (χ3v) is 2.71. The number of nitrogens with zero attached hydrogens (tertiary/aromatic N) is 1. The number of aromatic nitrogens is 1. The van der Waals surface area contributed by atoms with Crippen LogP contribution in [0.5, 0.6) is 0 Å². The summed E-state index contributed by atoms with van der Waals surface area (Å²) in [5.41, 5.74) is 0.586. The van der Waals surface area contributed by atoms with Gasteiger partial charge in [0.2, 0.25) is 5.76 Å². The zero-order valence-electron chi connectivity index (χ0n) is 11.4. The molecule has 5 nitrogen and oxygen atoms in total. The molecule has 0 saturated heterocycles. The van der Waals surface area contributed by atoms with E-state index in [0.717, 1.165) is 12.2 Å². The maximum absolute atomic E-state index is 11.7. The highest BCUT2D eigenvalue weighted by molar-refractivity contribution is 5.87. The highest BCUT2D eigenvalue weighted by atomic mass is 16.5. The minimum absolute atomic E-state index is 0.161. The third-order valence-electron chi connectivity index (χ3n) is 2.71. The van der Waals surface area contributed by atoms with Gasteiger partial charge in [-0.3, -0.25) is 0 Å². The van der Waals surface area contributed by atoms with Gasteiger partial charge in [0.05, 0.1) is 12.3 Å². The normalized spacial score (nSPS) is 10.7. The van der Waals surface area contributed by atoms with Gasteiger partial charge in [0.15, 0.2) is 5.76 Å². The van der Waals surface area contributed by atoms with Crippen LogP contribution in [0.4, 0.5) is 0 Å². The first kappa shape index (κ1) is 13.4. The van der Waals surface area contributed by atoms with Crippen LogP contribution in [0.25, 0.3) is 11.7 Å². The molecule has 0 atom stereocenters. The van der Waals surface area contributed by atoms with Crippen LogP contribution in [-0.4, -0.2) is 17.6 Å². The fraction of sp³-hybridized carbons (Fsp3) is 0.429. The second kappa shape index (κ2) is 5.73. The second-order valence-electron chi connectivity index (χ2n) is 3.99. The number of carbonyl (C=O) groups excluding carboxylic acids is 1. The van der Waals surface area contributed by atoms with E-state index in [1.54, 1.807) is 13.0 Å². The van der Waals surface area contributed by atoms with Gasteiger partial charge < -0.3 is 13.6 Å². The number of carbonyl (C=O) groups is 1. The van der Waals surface area contributed by atoms with Gasteiger partial charge in [-0.2, -0.15) is 0 Å². The van der Waals surface area contributed by atoms with E-state index in [0.29, 0.717) is 30.4 Å². The Balaban J connectivity index is 2.35. The van der Waals surface area contributed by atoms with Crippen molar-refractivity contribution < 1.29 is 18.4 Å². The van der Waals surface area contributed by atoms with Crippen LogP contribution in [0.3, 0.4) is 0 Å². The van der Waals surface area contributed by atoms with Gasteiger partial charge >= 0.3 is 5.97 Å². The van der Waals surface area contributed by atoms with Crippen LogP contribution in [0.1, 0.15) is 42.8 Å². The molecule has 2 heterocycles. The Morgan fingerprint density at radius 3 is 2.58 bits per heavy atom. The lowest BCUT2D eigenvalue weighted by Gasteiger charge is -1.98. The predicted octanol–water partition coefficient (Wildman–Crippen LogP) is 3.24. The summed E-state index contributed by atoms with van der Waals surface area (Å²) in [5.74, 6) is 1.37. The first-order chi connectivity index (χ1) is 9.19. The molecule has 0 radical (unpaired) electrons. The van der Waals surface area contributed by atoms with Crippen molar-refractivity contribution >= 4 is 5.97 Å². The molecule has 0 amide bonds. The Bertz CT molecular complexity index is 568. The van der Waals surface area contributed by atoms with Crippen LogP contribution in [-0.2, 0) is 17.6 Å². The average molecular weight is 263 g/mol. The minimum Gasteiger partial charge on any atom is -0.460 e. The number of hydrogen-bond acceptors (Lipinski definition) is 5. The standard InChI is InChI=1S/C14H17NO4/c1-4-9-7-8-11(18-9)13-15-10(5-2)12(19-13)14(16)17-6-3/h7-8H,4-6H2,1-3H3. The van der Waals surface area contributed by atoms with Gasteiger partial charge in [-0.05, 0) is 25.5 Å². The quantitative estimate of drug-likeness (QED) is 0.775. The Morgan fingerprint density at radius 1 is 1.21 bits per heavy atom. The average Bonchev–Trinajstić information content (AvgIpc) is 3.05. The summed E-state index contributed by atoms with van der Waals surface area (Å²) in [6, 6.07) is 3.66. The van der Waals surface area contributed by atoms with E-state index >= 15 is 0 Å². The van der Waals surface area contributed by atoms with Crippen LogP contribution in [0.15, 0.2) is 21.0 Å². The number of esters is 1. The van der Waals surface area contributed by atoms with E-state index in [1.807, 2.05) is 19.9 Å². The molecule has 2 aromatic rings. The molecule has 0 aromatic carbocycles. The Labute approximate surface area is 111 Å². The van der Waals surface area contributed by atoms with Gasteiger partial charge in [0, 0.05) is 6.42 Å². The smallest absolute Gasteiger partial charge is 0.376 e. The zero-order chi connectivity index (χ0) is 13.8. The molecule has 2 rings (SSSR count). The summed E-state index contributed by atoms with van der Waals surface area (Å²) in [5, 5.41) is 0. The highest BCUT2D eigenvalue weighted by Gasteiger charge is 2.22. The lowest BCUT2D eigenvalue weighted by Crippen LogP contribution is -2.05. The number of aryl methyl sites for hydroxylation is 2. The van der Waals surface area contributed by atoms with E-state index in [-0.39, 0.29) is 5.76 Å². The molecule has 0 aliphatic heterocycles. The predicted molar refractivity (Wildman–Crippen MR) is 68.9 cm³/mol. The Kier molecular flexibility index (Phi) is 4.04. The summed E-state index contributed by atoms with van der Waals surface area (Å²) < 4.78 is 16.0. The van der Waals surface area contributed by atoms with Gasteiger partial charge in [-0.15, -0.1) is 0 Å². The molecule has 0 fully saturated rings. The van der Waals surface area contributed by atoms with E-state index < -0.39 is 5.97 Å². The molecule has 19 heavy (non-hydrogen) atoms. The molecular formula is C14H17NO4. The van der Waals surface area contributed by atoms with Gasteiger partial charge in [0.25, 0.3) is 5.89 Å². The highest BCUT2D eigenvalue weighted by Crippen LogP contribution is 2.25. The maximum Gasteiger partial charge on any atom is 0.376 e. The van der Waals surface area contributed by atoms with Crippen molar-refractivity contribution in [1.82, 2.24) is 4.98 Å². The number of oxazole rings is 1. The number of furan rings is 1. The van der Waals surface area contributed by atoms with Crippen LogP contribution < -0.4 is 0 Å². The van der Waals surface area contributed by atoms with Crippen LogP contribution in [0.2, 0.25) is 0 Å². The molecule has 0 aliphatic rings. The monoisotopic (exact) mass is 263 g/mol. The van der Waals surface area contributed by atoms with Gasteiger partial charge in [0.1, 0.15) is 5.76 Å². The molecule has 5 heteroatoms. The molecule has 0 saturated carbocycles. The molecule has 0 spiro atoms. The first-order valence-electron chi connectivity index (χ1n) is 6.45. The molecule has 0 N–H and O–H groups in total. The fourth-order valence-corrected chi connectivity index (χ4v) is 1.74. The molecule has 0 aliphatic carbocycles. The number of rotatable bonds is 5. The summed E-state index contributed by atoms with van der Waals surface area (Å²) >= 11 is 0. The van der Waals surface area contributed by atoms with Crippen molar-refractivity contribution in [3.8, 4) is 11.7 Å². The van der Waals surface area contributed by atoms with Crippen molar-refractivity contribution in [2.24, 2.45) is 0 Å². The first-order valence-corrected chi connectivity index (χ1v) is 6.45. The summed E-state index contributed by atoms with van der Waals surface area (Å²) in [6.07, 6.45) is 1.39. The van der Waals surface area contributed by atoms with Crippen molar-refractivity contribution in [2.75, 3.05) is 6.61 Å². The zero-order valence-corrected chi connectivity index (χ0v) is 11.4. The molecule has 102 valence electrons. The molecule has 2 aromatic heterocycles. The number of hydrogen-bond donors (Lipinski definition) is 0. The minimum atomic E-state index is -0.486. The number of ether oxygens (including phenoxy) is 1. The SMILES string of the molecule is CCOC(=O)c1oc(-c2ccc(CC)o2)nc1CC. The lowest BCUT2D eigenvalue weighted by atomic mass is 10.3. The van der Waals surface area contributed by atoms with Crippen molar-refractivity contribution in [3.63, 3.8) is 0 Å². The van der Waals surface area contributed by atoms with Gasteiger partial charge in [-0.1, -0.05) is 13.8 Å². The lowest BCUT2D eigenvalue weighted by molar-refractivity contribution is 0.0489. The maximum atomic E-state index is 11.7. The van der Waals surface area contributed by atoms with E-state index in [1.165, 1.54) is 0 Å².